The summed E-state index contributed by atoms with van der Waals surface area (Å²) in [6, 6.07) is 2.03. The van der Waals surface area contributed by atoms with Crippen molar-refractivity contribution < 1.29 is 9.53 Å². The van der Waals surface area contributed by atoms with Crippen LogP contribution in [0.2, 0.25) is 0 Å². The van der Waals surface area contributed by atoms with E-state index in [0.717, 1.165) is 13.0 Å². The standard InChI is InChI=1S/C12H20N2O2/c1-4-16-11(15)12(2,3)14-8-6-10-5-7-13-9-10/h5,7,9,13-14H,4,6,8H2,1-3H3. The van der Waals surface area contributed by atoms with Crippen molar-refractivity contribution in [1.82, 2.24) is 10.3 Å². The molecule has 0 aromatic carbocycles. The molecule has 0 saturated carbocycles. The molecule has 4 heteroatoms. The van der Waals surface area contributed by atoms with E-state index in [0.29, 0.717) is 6.61 Å². The lowest BCUT2D eigenvalue weighted by Crippen LogP contribution is -2.48. The van der Waals surface area contributed by atoms with E-state index in [2.05, 4.69) is 10.3 Å². The predicted octanol–water partition coefficient (Wildman–Crippen LogP) is 1.49. The van der Waals surface area contributed by atoms with Gasteiger partial charge in [0, 0.05) is 18.9 Å². The van der Waals surface area contributed by atoms with Crippen LogP contribution < -0.4 is 5.32 Å². The summed E-state index contributed by atoms with van der Waals surface area (Å²) in [6.07, 6.45) is 4.75. The maximum Gasteiger partial charge on any atom is 0.325 e. The van der Waals surface area contributed by atoms with Crippen LogP contribution in [-0.4, -0.2) is 29.6 Å². The van der Waals surface area contributed by atoms with Crippen LogP contribution in [0, 0.1) is 0 Å². The average molecular weight is 224 g/mol. The molecule has 2 N–H and O–H groups in total. The second-order valence-corrected chi connectivity index (χ2v) is 4.24. The van der Waals surface area contributed by atoms with Gasteiger partial charge in [-0.2, -0.15) is 0 Å². The molecule has 4 nitrogen and oxygen atoms in total. The molecule has 0 unspecified atom stereocenters. The van der Waals surface area contributed by atoms with Crippen LogP contribution in [-0.2, 0) is 16.0 Å². The summed E-state index contributed by atoms with van der Waals surface area (Å²) in [6.45, 7) is 6.66. The summed E-state index contributed by atoms with van der Waals surface area (Å²) in [5.74, 6) is -0.205. The topological polar surface area (TPSA) is 54.1 Å². The SMILES string of the molecule is CCOC(=O)C(C)(C)NCCc1cc[nH]c1. The fourth-order valence-corrected chi connectivity index (χ4v) is 1.42. The maximum atomic E-state index is 11.6. The second kappa shape index (κ2) is 5.70. The number of H-pyrrole nitrogens is 1. The number of hydrogen-bond donors (Lipinski definition) is 2. The van der Waals surface area contributed by atoms with E-state index >= 15 is 0 Å². The van der Waals surface area contributed by atoms with Gasteiger partial charge in [0.15, 0.2) is 0 Å². The first kappa shape index (κ1) is 12.8. The third-order valence-corrected chi connectivity index (χ3v) is 2.43. The Morgan fingerprint density at radius 2 is 2.31 bits per heavy atom. The van der Waals surface area contributed by atoms with E-state index in [1.165, 1.54) is 5.56 Å². The summed E-state index contributed by atoms with van der Waals surface area (Å²) in [5.41, 5.74) is 0.610. The number of rotatable bonds is 6. The van der Waals surface area contributed by atoms with Crippen LogP contribution in [0.15, 0.2) is 18.5 Å². The molecule has 1 heterocycles. The van der Waals surface area contributed by atoms with Gasteiger partial charge in [-0.1, -0.05) is 0 Å². The van der Waals surface area contributed by atoms with Crippen molar-refractivity contribution in [2.24, 2.45) is 0 Å². The Labute approximate surface area is 96.4 Å². The van der Waals surface area contributed by atoms with Gasteiger partial charge >= 0.3 is 5.97 Å². The molecule has 0 saturated heterocycles. The van der Waals surface area contributed by atoms with Gasteiger partial charge in [0.2, 0.25) is 0 Å². The minimum atomic E-state index is -0.619. The van der Waals surface area contributed by atoms with Crippen molar-refractivity contribution in [3.05, 3.63) is 24.0 Å². The molecule has 0 atom stereocenters. The van der Waals surface area contributed by atoms with Crippen LogP contribution in [0.1, 0.15) is 26.3 Å². The molecule has 90 valence electrons. The highest BCUT2D eigenvalue weighted by molar-refractivity contribution is 5.79. The lowest BCUT2D eigenvalue weighted by atomic mass is 10.1. The summed E-state index contributed by atoms with van der Waals surface area (Å²) >= 11 is 0. The fourth-order valence-electron chi connectivity index (χ4n) is 1.42. The molecule has 1 aromatic heterocycles. The highest BCUT2D eigenvalue weighted by Gasteiger charge is 2.27. The van der Waals surface area contributed by atoms with Gasteiger partial charge in [-0.3, -0.25) is 4.79 Å². The summed E-state index contributed by atoms with van der Waals surface area (Å²) in [5, 5.41) is 3.19. The molecule has 0 aliphatic carbocycles. The lowest BCUT2D eigenvalue weighted by molar-refractivity contribution is -0.149. The molecular weight excluding hydrogens is 204 g/mol. The first-order valence-corrected chi connectivity index (χ1v) is 5.60. The Morgan fingerprint density at radius 3 is 2.88 bits per heavy atom. The van der Waals surface area contributed by atoms with Crippen LogP contribution >= 0.6 is 0 Å². The van der Waals surface area contributed by atoms with Crippen molar-refractivity contribution in [3.8, 4) is 0 Å². The quantitative estimate of drug-likeness (QED) is 0.720. The molecule has 0 aliphatic rings. The molecule has 0 amide bonds. The van der Waals surface area contributed by atoms with Crippen LogP contribution in [0.25, 0.3) is 0 Å². The zero-order valence-electron chi connectivity index (χ0n) is 10.2. The molecule has 16 heavy (non-hydrogen) atoms. The third-order valence-electron chi connectivity index (χ3n) is 2.43. The predicted molar refractivity (Wildman–Crippen MR) is 63.2 cm³/mol. The van der Waals surface area contributed by atoms with Gasteiger partial charge in [-0.05, 0) is 38.8 Å². The Balaban J connectivity index is 2.33. The van der Waals surface area contributed by atoms with E-state index in [1.54, 1.807) is 0 Å². The number of esters is 1. The molecular formula is C12H20N2O2. The summed E-state index contributed by atoms with van der Waals surface area (Å²) in [7, 11) is 0. The normalized spacial score (nSPS) is 11.4. The molecule has 0 bridgehead atoms. The summed E-state index contributed by atoms with van der Waals surface area (Å²) < 4.78 is 4.99. The highest BCUT2D eigenvalue weighted by atomic mass is 16.5. The number of aromatic amines is 1. The zero-order chi connectivity index (χ0) is 12.0. The van der Waals surface area contributed by atoms with Gasteiger partial charge in [-0.15, -0.1) is 0 Å². The Morgan fingerprint density at radius 1 is 1.56 bits per heavy atom. The minimum Gasteiger partial charge on any atom is -0.465 e. The van der Waals surface area contributed by atoms with Crippen molar-refractivity contribution in [2.75, 3.05) is 13.2 Å². The minimum absolute atomic E-state index is 0.205. The first-order valence-electron chi connectivity index (χ1n) is 5.60. The smallest absolute Gasteiger partial charge is 0.325 e. The van der Waals surface area contributed by atoms with Gasteiger partial charge in [0.05, 0.1) is 6.61 Å². The van der Waals surface area contributed by atoms with Gasteiger partial charge in [0.25, 0.3) is 0 Å². The van der Waals surface area contributed by atoms with Crippen molar-refractivity contribution in [2.45, 2.75) is 32.7 Å². The first-order chi connectivity index (χ1) is 7.56. The zero-order valence-corrected chi connectivity index (χ0v) is 10.2. The number of aromatic nitrogens is 1. The number of nitrogens with one attached hydrogen (secondary N) is 2. The van der Waals surface area contributed by atoms with Crippen molar-refractivity contribution in [3.63, 3.8) is 0 Å². The summed E-state index contributed by atoms with van der Waals surface area (Å²) in [4.78, 5) is 14.6. The van der Waals surface area contributed by atoms with Crippen molar-refractivity contribution in [1.29, 1.82) is 0 Å². The average Bonchev–Trinajstić information content (AvgIpc) is 2.70. The second-order valence-electron chi connectivity index (χ2n) is 4.24. The number of carbonyl (C=O) groups excluding carboxylic acids is 1. The van der Waals surface area contributed by atoms with Gasteiger partial charge < -0.3 is 15.0 Å². The van der Waals surface area contributed by atoms with E-state index in [9.17, 15) is 4.79 Å². The van der Waals surface area contributed by atoms with Crippen LogP contribution in [0.4, 0.5) is 0 Å². The van der Waals surface area contributed by atoms with Gasteiger partial charge in [-0.25, -0.2) is 0 Å². The van der Waals surface area contributed by atoms with E-state index in [1.807, 2.05) is 39.2 Å². The third kappa shape index (κ3) is 3.70. The van der Waals surface area contributed by atoms with E-state index in [4.69, 9.17) is 4.74 Å². The monoisotopic (exact) mass is 224 g/mol. The molecule has 1 aromatic rings. The molecule has 0 fully saturated rings. The molecule has 0 aliphatic heterocycles. The Hall–Kier alpha value is -1.29. The van der Waals surface area contributed by atoms with Crippen molar-refractivity contribution >= 4 is 5.97 Å². The maximum absolute atomic E-state index is 11.6. The highest BCUT2D eigenvalue weighted by Crippen LogP contribution is 2.05. The number of ether oxygens (including phenoxy) is 1. The largest absolute Gasteiger partial charge is 0.465 e. The Bertz CT molecular complexity index is 318. The molecule has 1 rings (SSSR count). The fraction of sp³-hybridized carbons (Fsp3) is 0.583. The Kier molecular flexibility index (Phi) is 4.55. The van der Waals surface area contributed by atoms with Crippen LogP contribution in [0.3, 0.4) is 0 Å². The molecule has 0 radical (unpaired) electrons. The lowest BCUT2D eigenvalue weighted by Gasteiger charge is -2.23. The number of carbonyl (C=O) groups is 1. The van der Waals surface area contributed by atoms with Crippen LogP contribution in [0.5, 0.6) is 0 Å². The van der Waals surface area contributed by atoms with E-state index < -0.39 is 5.54 Å². The van der Waals surface area contributed by atoms with Gasteiger partial charge in [0.1, 0.15) is 5.54 Å². The molecule has 0 spiro atoms. The number of hydrogen-bond acceptors (Lipinski definition) is 3. The van der Waals surface area contributed by atoms with E-state index in [-0.39, 0.29) is 5.97 Å².